The molecule has 0 amide bonds. The third-order valence-electron chi connectivity index (χ3n) is 2.48. The molecule has 1 heterocycles. The Morgan fingerprint density at radius 1 is 1.17 bits per heavy atom. The van der Waals surface area contributed by atoms with E-state index in [1.54, 1.807) is 0 Å². The number of piperazine rings is 1. The highest BCUT2D eigenvalue weighted by Gasteiger charge is 2.13. The summed E-state index contributed by atoms with van der Waals surface area (Å²) in [5.41, 5.74) is 0. The van der Waals surface area contributed by atoms with Gasteiger partial charge in [0, 0.05) is 39.1 Å². The molecule has 1 aliphatic rings. The van der Waals surface area contributed by atoms with E-state index in [-0.39, 0.29) is 0 Å². The van der Waals surface area contributed by atoms with Crippen LogP contribution in [0.15, 0.2) is 0 Å². The monoisotopic (exact) mass is 166 g/mol. The average Bonchev–Trinajstić information content (AvgIpc) is 2.15. The van der Waals surface area contributed by atoms with Crippen molar-refractivity contribution in [2.75, 3.05) is 39.3 Å². The molecule has 0 aromatic heterocycles. The molecule has 2 heteroatoms. The van der Waals surface area contributed by atoms with Crippen LogP contribution in [0.4, 0.5) is 0 Å². The van der Waals surface area contributed by atoms with Gasteiger partial charge in [-0.3, -0.25) is 4.90 Å². The maximum atomic E-state index is 5.21. The van der Waals surface area contributed by atoms with Gasteiger partial charge in [-0.1, -0.05) is 6.92 Å². The molecule has 0 N–H and O–H groups in total. The Hall–Kier alpha value is -0.520. The Kier molecular flexibility index (Phi) is 4.13. The maximum absolute atomic E-state index is 5.21. The average molecular weight is 166 g/mol. The SMILES string of the molecule is C#CCCN1CCN(CC)CC1. The third-order valence-corrected chi connectivity index (χ3v) is 2.48. The molecule has 0 aliphatic carbocycles. The number of hydrogen-bond donors (Lipinski definition) is 0. The Labute approximate surface area is 75.5 Å². The van der Waals surface area contributed by atoms with Gasteiger partial charge in [0.05, 0.1) is 0 Å². The van der Waals surface area contributed by atoms with E-state index in [0.29, 0.717) is 0 Å². The van der Waals surface area contributed by atoms with Gasteiger partial charge in [-0.05, 0) is 6.54 Å². The first kappa shape index (κ1) is 9.57. The number of hydrogen-bond acceptors (Lipinski definition) is 2. The van der Waals surface area contributed by atoms with Gasteiger partial charge in [0.25, 0.3) is 0 Å². The normalized spacial score (nSPS) is 20.7. The van der Waals surface area contributed by atoms with Crippen molar-refractivity contribution in [1.29, 1.82) is 0 Å². The van der Waals surface area contributed by atoms with Gasteiger partial charge < -0.3 is 4.90 Å². The summed E-state index contributed by atoms with van der Waals surface area (Å²) in [6, 6.07) is 0. The lowest BCUT2D eigenvalue weighted by atomic mass is 10.3. The highest BCUT2D eigenvalue weighted by atomic mass is 15.3. The molecule has 1 saturated heterocycles. The molecular formula is C10H18N2. The molecule has 0 saturated carbocycles. The minimum Gasteiger partial charge on any atom is -0.301 e. The zero-order valence-corrected chi connectivity index (χ0v) is 7.92. The lowest BCUT2D eigenvalue weighted by molar-refractivity contribution is 0.139. The van der Waals surface area contributed by atoms with Crippen molar-refractivity contribution in [2.24, 2.45) is 0 Å². The van der Waals surface area contributed by atoms with E-state index in [1.165, 1.54) is 32.7 Å². The van der Waals surface area contributed by atoms with Crippen molar-refractivity contribution in [1.82, 2.24) is 9.80 Å². The largest absolute Gasteiger partial charge is 0.301 e. The highest BCUT2D eigenvalue weighted by molar-refractivity contribution is 4.85. The van der Waals surface area contributed by atoms with Gasteiger partial charge in [0.15, 0.2) is 0 Å². The smallest absolute Gasteiger partial charge is 0.0214 e. The Bertz CT molecular complexity index is 152. The van der Waals surface area contributed by atoms with Crippen molar-refractivity contribution in [3.63, 3.8) is 0 Å². The molecule has 0 unspecified atom stereocenters. The van der Waals surface area contributed by atoms with Crippen LogP contribution in [-0.4, -0.2) is 49.1 Å². The summed E-state index contributed by atoms with van der Waals surface area (Å²) in [6.07, 6.45) is 6.11. The van der Waals surface area contributed by atoms with E-state index < -0.39 is 0 Å². The molecule has 1 rings (SSSR count). The lowest BCUT2D eigenvalue weighted by Crippen LogP contribution is -2.46. The standard InChI is InChI=1S/C10H18N2/c1-3-5-6-12-9-7-11(4-2)8-10-12/h1H,4-10H2,2H3. The van der Waals surface area contributed by atoms with Crippen LogP contribution in [-0.2, 0) is 0 Å². The fourth-order valence-corrected chi connectivity index (χ4v) is 1.55. The molecule has 1 fully saturated rings. The zero-order valence-electron chi connectivity index (χ0n) is 7.92. The van der Waals surface area contributed by atoms with E-state index in [9.17, 15) is 0 Å². The van der Waals surface area contributed by atoms with Gasteiger partial charge in [0.1, 0.15) is 0 Å². The fraction of sp³-hybridized carbons (Fsp3) is 0.800. The lowest BCUT2D eigenvalue weighted by Gasteiger charge is -2.33. The minimum absolute atomic E-state index is 0.895. The summed E-state index contributed by atoms with van der Waals surface area (Å²) >= 11 is 0. The van der Waals surface area contributed by atoms with Gasteiger partial charge in [-0.2, -0.15) is 0 Å². The predicted molar refractivity (Wildman–Crippen MR) is 52.0 cm³/mol. The van der Waals surface area contributed by atoms with Crippen molar-refractivity contribution in [3.05, 3.63) is 0 Å². The van der Waals surface area contributed by atoms with Crippen LogP contribution in [0.25, 0.3) is 0 Å². The molecule has 12 heavy (non-hydrogen) atoms. The summed E-state index contributed by atoms with van der Waals surface area (Å²) < 4.78 is 0. The first-order valence-corrected chi connectivity index (χ1v) is 4.75. The first-order valence-electron chi connectivity index (χ1n) is 4.75. The molecule has 0 spiro atoms. The molecule has 0 aromatic carbocycles. The van der Waals surface area contributed by atoms with Crippen LogP contribution in [0.5, 0.6) is 0 Å². The number of terminal acetylenes is 1. The molecule has 0 bridgehead atoms. The van der Waals surface area contributed by atoms with Gasteiger partial charge >= 0.3 is 0 Å². The second-order valence-corrected chi connectivity index (χ2v) is 3.23. The van der Waals surface area contributed by atoms with Crippen LogP contribution in [0.1, 0.15) is 13.3 Å². The van der Waals surface area contributed by atoms with E-state index in [2.05, 4.69) is 22.6 Å². The topological polar surface area (TPSA) is 6.48 Å². The summed E-state index contributed by atoms with van der Waals surface area (Å²) in [5, 5.41) is 0. The molecule has 0 atom stereocenters. The number of nitrogens with zero attached hydrogens (tertiary/aromatic N) is 2. The molecule has 68 valence electrons. The molecule has 0 radical (unpaired) electrons. The molecule has 0 aromatic rings. The van der Waals surface area contributed by atoms with E-state index in [1.807, 2.05) is 0 Å². The first-order chi connectivity index (χ1) is 5.86. The van der Waals surface area contributed by atoms with E-state index in [0.717, 1.165) is 13.0 Å². The molecule has 2 nitrogen and oxygen atoms in total. The summed E-state index contributed by atoms with van der Waals surface area (Å²) in [4.78, 5) is 4.93. The van der Waals surface area contributed by atoms with Gasteiger partial charge in [0.2, 0.25) is 0 Å². The molecular weight excluding hydrogens is 148 g/mol. The van der Waals surface area contributed by atoms with Crippen molar-refractivity contribution in [3.8, 4) is 12.3 Å². The second kappa shape index (κ2) is 5.18. The van der Waals surface area contributed by atoms with Crippen molar-refractivity contribution < 1.29 is 0 Å². The summed E-state index contributed by atoms with van der Waals surface area (Å²) in [6.45, 7) is 9.28. The van der Waals surface area contributed by atoms with Crippen LogP contribution in [0.3, 0.4) is 0 Å². The minimum atomic E-state index is 0.895. The highest BCUT2D eigenvalue weighted by Crippen LogP contribution is 2.00. The Morgan fingerprint density at radius 3 is 2.25 bits per heavy atom. The summed E-state index contributed by atoms with van der Waals surface area (Å²) in [7, 11) is 0. The van der Waals surface area contributed by atoms with Gasteiger partial charge in [-0.15, -0.1) is 12.3 Å². The van der Waals surface area contributed by atoms with Gasteiger partial charge in [-0.25, -0.2) is 0 Å². The Morgan fingerprint density at radius 2 is 1.75 bits per heavy atom. The molecule has 1 aliphatic heterocycles. The summed E-state index contributed by atoms with van der Waals surface area (Å²) in [5.74, 6) is 2.68. The number of rotatable bonds is 3. The second-order valence-electron chi connectivity index (χ2n) is 3.23. The Balaban J connectivity index is 2.14. The van der Waals surface area contributed by atoms with Crippen LogP contribution in [0, 0.1) is 12.3 Å². The number of likely N-dealkylation sites (N-methyl/N-ethyl adjacent to an activating group) is 1. The maximum Gasteiger partial charge on any atom is 0.0214 e. The van der Waals surface area contributed by atoms with Crippen molar-refractivity contribution in [2.45, 2.75) is 13.3 Å². The van der Waals surface area contributed by atoms with Crippen LogP contribution in [0.2, 0.25) is 0 Å². The zero-order chi connectivity index (χ0) is 8.81. The van der Waals surface area contributed by atoms with Crippen molar-refractivity contribution >= 4 is 0 Å². The van der Waals surface area contributed by atoms with E-state index in [4.69, 9.17) is 6.42 Å². The third kappa shape index (κ3) is 2.84. The van der Waals surface area contributed by atoms with E-state index >= 15 is 0 Å². The predicted octanol–water partition coefficient (Wildman–Crippen LogP) is 0.647. The van der Waals surface area contributed by atoms with Crippen LogP contribution >= 0.6 is 0 Å². The fourth-order valence-electron chi connectivity index (χ4n) is 1.55. The quantitative estimate of drug-likeness (QED) is 0.568. The van der Waals surface area contributed by atoms with Crippen LogP contribution < -0.4 is 0 Å².